The Hall–Kier alpha value is -5.54. The van der Waals surface area contributed by atoms with E-state index in [2.05, 4.69) is 65.1 Å². The minimum Gasteiger partial charge on any atom is -0.455 e. The summed E-state index contributed by atoms with van der Waals surface area (Å²) in [4.78, 5) is 74.9. The van der Waals surface area contributed by atoms with E-state index < -0.39 is 85.2 Å². The monoisotopic (exact) mass is 1340 g/mol. The Labute approximate surface area is 509 Å². The number of phosphoric ester groups is 1. The summed E-state index contributed by atoms with van der Waals surface area (Å²) in [6, 6.07) is 8.02. The largest absolute Gasteiger partial charge is 0.490 e. The molecule has 3 aromatic carbocycles. The number of anilines is 3. The summed E-state index contributed by atoms with van der Waals surface area (Å²) >= 11 is 0. The minimum absolute atomic E-state index is 0.0180. The van der Waals surface area contributed by atoms with Gasteiger partial charge in [-0.15, -0.1) is 0 Å². The highest BCUT2D eigenvalue weighted by atomic mass is 32.2. The number of aromatic amines is 1. The molecular weight excluding hydrogens is 1270 g/mol. The van der Waals surface area contributed by atoms with E-state index in [1.807, 2.05) is 0 Å². The molecule has 0 bridgehead atoms. The van der Waals surface area contributed by atoms with Crippen molar-refractivity contribution < 1.29 is 92.3 Å². The van der Waals surface area contributed by atoms with E-state index >= 15 is 0 Å². The molecule has 11 rings (SSSR count). The number of nitrogen functional groups attached to an aromatic ring is 1. The quantitative estimate of drug-likeness (QED) is 0.0160. The number of nitrogens with one attached hydrogen (secondary N) is 4. The van der Waals surface area contributed by atoms with Gasteiger partial charge in [-0.3, -0.25) is 28.2 Å². The molecule has 0 radical (unpaired) electrons. The van der Waals surface area contributed by atoms with Gasteiger partial charge in [-0.2, -0.15) is 22.0 Å². The first-order valence-corrected chi connectivity index (χ1v) is 36.7. The summed E-state index contributed by atoms with van der Waals surface area (Å²) in [6.07, 6.45) is 4.00. The predicted octanol–water partition coefficient (Wildman–Crippen LogP) is 1.97. The lowest BCUT2D eigenvalue weighted by molar-refractivity contribution is -0.121. The lowest BCUT2D eigenvalue weighted by atomic mass is 9.82. The van der Waals surface area contributed by atoms with Crippen LogP contribution in [0, 0.1) is 0 Å². The highest BCUT2D eigenvalue weighted by Gasteiger charge is 2.48. The zero-order valence-corrected chi connectivity index (χ0v) is 52.3. The zero-order valence-electron chi connectivity index (χ0n) is 48.0. The molecule has 1 amide bonds. The highest BCUT2D eigenvalue weighted by molar-refractivity contribution is 7.89. The number of carbonyl (C=O) groups is 1. The van der Waals surface area contributed by atoms with Gasteiger partial charge in [0.1, 0.15) is 42.9 Å². The first-order valence-electron chi connectivity index (χ1n) is 29.3. The Balaban J connectivity index is 0.680. The number of nitrogens with zero attached hydrogens (tertiary/aromatic N) is 5. The van der Waals surface area contributed by atoms with Crippen molar-refractivity contribution in [3.63, 3.8) is 0 Å². The van der Waals surface area contributed by atoms with Gasteiger partial charge in [-0.1, -0.05) is 25.3 Å². The Bertz CT molecular complexity index is 4220. The molecule has 5 aromatic rings. The number of phosphoric acid groups is 3. The molecule has 484 valence electrons. The number of aliphatic hydroxyl groups excluding tert-OH is 2. The van der Waals surface area contributed by atoms with E-state index in [9.17, 15) is 64.7 Å². The molecule has 1 fully saturated rings. The molecular formula is C53H70N10O21P3S2+. The lowest BCUT2D eigenvalue weighted by Gasteiger charge is -2.39. The van der Waals surface area contributed by atoms with Gasteiger partial charge in [-0.25, -0.2) is 36.4 Å². The number of aromatic nitrogens is 4. The number of amides is 1. The van der Waals surface area contributed by atoms with Crippen molar-refractivity contribution in [3.8, 4) is 11.5 Å². The number of hydrogen-bond acceptors (Lipinski definition) is 21. The maximum Gasteiger partial charge on any atom is 0.490 e. The molecule has 2 unspecified atom stereocenters. The van der Waals surface area contributed by atoms with Crippen LogP contribution in [0.3, 0.4) is 0 Å². The number of aryl methyl sites for hydroxylation is 2. The number of sulfonamides is 1. The molecule has 6 aliphatic rings. The first kappa shape index (κ1) is 65.0. The SMILES string of the molecule is Nc1nc2c(nc(NCCCCCCNC(=O)CCCCCNS(=O)(=O)c3cc(S(=O)(=O)O)ccc3C3=c4cc5c6c(c4Oc4c3cc3c7c4CCCN7CCC3)CCC[N+]=6CCC5)n2[C@@H]2O[C@H](COP(=O)(O)OP(=O)(O)OP(=O)(O)O)[C@@H](O)[C@H]2O)c(=O)[nH]1. The van der Waals surface area contributed by atoms with Crippen molar-refractivity contribution in [3.05, 3.63) is 84.6 Å². The lowest BCUT2D eigenvalue weighted by Crippen LogP contribution is -2.45. The Morgan fingerprint density at radius 1 is 0.798 bits per heavy atom. The van der Waals surface area contributed by atoms with E-state index in [1.54, 1.807) is 0 Å². The standard InChI is InChI=1S/C53H69N10O21P3S2/c54-52-59-49-42(50(67)60-52)58-53(63(49)51-46(66)45(65)38(81-51)29-80-86(71,72)84-87(73,74)83-85(68,69)70)56-20-6-2-1-5-19-55-40(64)16-4-3-7-21-57-88(75,76)39-28-32(89(77,78)79)17-18-33(39)41-36-26-30-12-8-22-61-24-10-14-34(43(30)61)47(36)82-48-35-15-11-25-62-23-9-13-31(44(35)62)27-37(41)48/h17-18,26-28,38,45-46,51,57,65-66H,1-16,19-25,29H2,(H9-,54,55,56,58,59,60,64,67,68,69,70,71,72,73,74,77,78,79)/p+1/t38-,45-,46-,51-/m1/s1. The van der Waals surface area contributed by atoms with Crippen LogP contribution in [0.15, 0.2) is 44.9 Å². The molecule has 8 heterocycles. The van der Waals surface area contributed by atoms with E-state index in [0.717, 1.165) is 121 Å². The van der Waals surface area contributed by atoms with Gasteiger partial charge >= 0.3 is 23.5 Å². The van der Waals surface area contributed by atoms with Crippen LogP contribution in [0.5, 0.6) is 11.5 Å². The highest BCUT2D eigenvalue weighted by Crippen LogP contribution is 2.66. The number of rotatable bonds is 26. The van der Waals surface area contributed by atoms with Crippen LogP contribution in [0.2, 0.25) is 0 Å². The summed E-state index contributed by atoms with van der Waals surface area (Å²) in [5, 5.41) is 29.7. The molecule has 13 N–H and O–H groups in total. The number of fused-ring (bicyclic) bond motifs is 5. The maximum atomic E-state index is 14.7. The summed E-state index contributed by atoms with van der Waals surface area (Å²) < 4.78 is 131. The number of ether oxygens (including phenoxy) is 2. The number of aliphatic hydroxyl groups is 2. The number of hydrogen-bond donors (Lipinski definition) is 12. The molecule has 89 heavy (non-hydrogen) atoms. The number of carbonyl (C=O) groups excluding carboxylic acids is 1. The average Bonchev–Trinajstić information content (AvgIpc) is 1.33. The Morgan fingerprint density at radius 3 is 2.25 bits per heavy atom. The smallest absolute Gasteiger partial charge is 0.455 e. The third-order valence-electron chi connectivity index (χ3n) is 16.6. The van der Waals surface area contributed by atoms with Crippen LogP contribution in [0.25, 0.3) is 16.7 Å². The topological polar surface area (TPSA) is 456 Å². The van der Waals surface area contributed by atoms with Crippen molar-refractivity contribution >= 4 is 83.8 Å². The van der Waals surface area contributed by atoms with Crippen LogP contribution in [0.1, 0.15) is 117 Å². The number of unbranched alkanes of at least 4 members (excludes halogenated alkanes) is 5. The van der Waals surface area contributed by atoms with Gasteiger partial charge in [0.2, 0.25) is 33.2 Å². The summed E-state index contributed by atoms with van der Waals surface area (Å²) in [6.45, 7) is 3.24. The van der Waals surface area contributed by atoms with E-state index in [4.69, 9.17) is 25.0 Å². The summed E-state index contributed by atoms with van der Waals surface area (Å²) in [7, 11) is -26.5. The molecule has 1 saturated heterocycles. The van der Waals surface area contributed by atoms with Gasteiger partial charge < -0.3 is 60.5 Å². The zero-order chi connectivity index (χ0) is 63.4. The number of imidazole rings is 1. The third-order valence-corrected chi connectivity index (χ3v) is 22.7. The fourth-order valence-electron chi connectivity index (χ4n) is 12.8. The fraction of sp³-hybridized carbons (Fsp3) is 0.528. The fourth-order valence-corrected chi connectivity index (χ4v) is 17.7. The second-order valence-corrected chi connectivity index (χ2v) is 30.3. The number of nitrogens with two attached hydrogens (primary N) is 1. The number of benzene rings is 3. The van der Waals surface area contributed by atoms with Gasteiger partial charge in [0.15, 0.2) is 17.4 Å². The molecule has 6 aliphatic heterocycles. The average molecular weight is 1340 g/mol. The summed E-state index contributed by atoms with van der Waals surface area (Å²) in [5.41, 5.74) is 12.0. The maximum absolute atomic E-state index is 14.7. The van der Waals surface area contributed by atoms with E-state index in [1.165, 1.54) is 23.2 Å². The third kappa shape index (κ3) is 14.1. The Kier molecular flexibility index (Phi) is 18.9. The molecule has 0 aliphatic carbocycles. The van der Waals surface area contributed by atoms with Crippen molar-refractivity contribution in [2.75, 3.05) is 68.4 Å². The van der Waals surface area contributed by atoms with Crippen LogP contribution in [0.4, 0.5) is 17.6 Å². The summed E-state index contributed by atoms with van der Waals surface area (Å²) in [5.74, 6) is 0.784. The van der Waals surface area contributed by atoms with Crippen LogP contribution in [-0.2, 0) is 82.2 Å². The molecule has 6 atom stereocenters. The van der Waals surface area contributed by atoms with Crippen LogP contribution < -0.4 is 51.4 Å². The van der Waals surface area contributed by atoms with Gasteiger partial charge in [0.25, 0.3) is 15.7 Å². The van der Waals surface area contributed by atoms with Crippen molar-refractivity contribution in [2.24, 2.45) is 0 Å². The molecule has 0 saturated carbocycles. The van der Waals surface area contributed by atoms with Crippen LogP contribution in [-0.4, -0.2) is 147 Å². The van der Waals surface area contributed by atoms with Crippen molar-refractivity contribution in [2.45, 2.75) is 137 Å². The molecule has 0 spiro atoms. The second kappa shape index (κ2) is 25.9. The minimum atomic E-state index is -5.86. The van der Waals surface area contributed by atoms with Crippen LogP contribution >= 0.6 is 23.5 Å². The predicted molar refractivity (Wildman–Crippen MR) is 318 cm³/mol. The second-order valence-electron chi connectivity index (χ2n) is 22.7. The van der Waals surface area contributed by atoms with Gasteiger partial charge in [-0.05, 0) is 94.0 Å². The van der Waals surface area contributed by atoms with E-state index in [0.29, 0.717) is 68.6 Å². The molecule has 31 nitrogen and oxygen atoms in total. The molecule has 36 heteroatoms. The van der Waals surface area contributed by atoms with Crippen molar-refractivity contribution in [1.82, 2.24) is 34.1 Å². The van der Waals surface area contributed by atoms with Gasteiger partial charge in [0.05, 0.1) is 22.0 Å². The normalized spacial score (nSPS) is 21.1. The van der Waals surface area contributed by atoms with Crippen molar-refractivity contribution in [1.29, 1.82) is 0 Å². The Morgan fingerprint density at radius 2 is 1.49 bits per heavy atom. The first-order chi connectivity index (χ1) is 42.2. The molecule has 2 aromatic heterocycles. The van der Waals surface area contributed by atoms with E-state index in [-0.39, 0.29) is 58.9 Å². The number of H-pyrrole nitrogens is 1. The van der Waals surface area contributed by atoms with Gasteiger partial charge in [0, 0.05) is 90.7 Å².